The lowest BCUT2D eigenvalue weighted by molar-refractivity contribution is -0.140. The molecule has 0 unspecified atom stereocenters. The number of rotatable bonds is 13. The van der Waals surface area contributed by atoms with Crippen LogP contribution in [0.5, 0.6) is 0 Å². The molecule has 0 aliphatic heterocycles. The minimum absolute atomic E-state index is 0.0101. The summed E-state index contributed by atoms with van der Waals surface area (Å²) in [6.45, 7) is 3.28. The quantitative estimate of drug-likeness (QED) is 0.173. The SMILES string of the molecule is CC[C@H](C)NC(=O)[C@H](Cc1ccccc1)N(Cc1ccccc1Cl)C(=O)CN(c1ccc(Cl)cc1)S(=O)(=O)c1ccccc1. The maximum atomic E-state index is 14.4. The molecular weight excluding hydrogens is 617 g/mol. The maximum Gasteiger partial charge on any atom is 0.264 e. The van der Waals surface area contributed by atoms with Crippen LogP contribution in [0.3, 0.4) is 0 Å². The Balaban J connectivity index is 1.80. The molecule has 4 rings (SSSR count). The van der Waals surface area contributed by atoms with Crippen LogP contribution in [-0.4, -0.2) is 43.8 Å². The second kappa shape index (κ2) is 15.2. The van der Waals surface area contributed by atoms with Gasteiger partial charge in [-0.2, -0.15) is 0 Å². The van der Waals surface area contributed by atoms with Gasteiger partial charge in [0.25, 0.3) is 10.0 Å². The predicted molar refractivity (Wildman–Crippen MR) is 176 cm³/mol. The maximum absolute atomic E-state index is 14.4. The summed E-state index contributed by atoms with van der Waals surface area (Å²) in [6, 6.07) is 29.5. The standard InChI is InChI=1S/C34H35Cl2N3O4S/c1-3-25(2)37-34(41)32(22-26-12-6-4-7-13-26)38(23-27-14-10-11-17-31(27)36)33(40)24-39(29-20-18-28(35)19-21-29)44(42,43)30-15-8-5-9-16-30/h4-21,25,32H,3,22-24H2,1-2H3,(H,37,41)/t25-,32-/m0/s1. The van der Waals surface area contributed by atoms with E-state index in [-0.39, 0.29) is 35.5 Å². The van der Waals surface area contributed by atoms with Crippen molar-refractivity contribution in [2.45, 2.75) is 50.2 Å². The monoisotopic (exact) mass is 651 g/mol. The van der Waals surface area contributed by atoms with Gasteiger partial charge in [0.1, 0.15) is 12.6 Å². The van der Waals surface area contributed by atoms with Gasteiger partial charge in [0.05, 0.1) is 10.6 Å². The summed E-state index contributed by atoms with van der Waals surface area (Å²) < 4.78 is 29.0. The van der Waals surface area contributed by atoms with E-state index in [1.54, 1.807) is 66.7 Å². The van der Waals surface area contributed by atoms with Crippen LogP contribution in [0.25, 0.3) is 0 Å². The molecule has 0 radical (unpaired) electrons. The molecule has 0 spiro atoms. The van der Waals surface area contributed by atoms with E-state index in [9.17, 15) is 18.0 Å². The Morgan fingerprint density at radius 2 is 1.41 bits per heavy atom. The summed E-state index contributed by atoms with van der Waals surface area (Å²) in [4.78, 5) is 29.8. The van der Waals surface area contributed by atoms with E-state index >= 15 is 0 Å². The summed E-state index contributed by atoms with van der Waals surface area (Å²) >= 11 is 12.7. The molecule has 7 nitrogen and oxygen atoms in total. The highest BCUT2D eigenvalue weighted by molar-refractivity contribution is 7.92. The van der Waals surface area contributed by atoms with E-state index in [4.69, 9.17) is 23.2 Å². The Hall–Kier alpha value is -3.85. The smallest absolute Gasteiger partial charge is 0.264 e. The molecule has 44 heavy (non-hydrogen) atoms. The van der Waals surface area contributed by atoms with Crippen LogP contribution in [-0.2, 0) is 32.6 Å². The number of nitrogens with one attached hydrogen (secondary N) is 1. The highest BCUT2D eigenvalue weighted by Gasteiger charge is 2.35. The number of carbonyl (C=O) groups excluding carboxylic acids is 2. The fraction of sp³-hybridized carbons (Fsp3) is 0.235. The van der Waals surface area contributed by atoms with Gasteiger partial charge in [-0.3, -0.25) is 13.9 Å². The third-order valence-electron chi connectivity index (χ3n) is 7.30. The fourth-order valence-corrected chi connectivity index (χ4v) is 6.42. The number of nitrogens with zero attached hydrogens (tertiary/aromatic N) is 2. The molecule has 0 saturated carbocycles. The van der Waals surface area contributed by atoms with E-state index < -0.39 is 28.5 Å². The van der Waals surface area contributed by atoms with Crippen molar-refractivity contribution in [3.63, 3.8) is 0 Å². The van der Waals surface area contributed by atoms with Crippen LogP contribution in [0.1, 0.15) is 31.4 Å². The molecule has 4 aromatic rings. The minimum atomic E-state index is -4.19. The normalized spacial score (nSPS) is 12.6. The number of carbonyl (C=O) groups is 2. The first kappa shape index (κ1) is 33.1. The van der Waals surface area contributed by atoms with Gasteiger partial charge in [-0.1, -0.05) is 96.9 Å². The minimum Gasteiger partial charge on any atom is -0.352 e. The molecule has 0 aromatic heterocycles. The average molecular weight is 653 g/mol. The molecule has 10 heteroatoms. The molecule has 1 N–H and O–H groups in total. The molecule has 230 valence electrons. The first-order valence-electron chi connectivity index (χ1n) is 14.3. The highest BCUT2D eigenvalue weighted by Crippen LogP contribution is 2.27. The number of anilines is 1. The van der Waals surface area contributed by atoms with Gasteiger partial charge in [0.15, 0.2) is 0 Å². The second-order valence-corrected chi connectivity index (χ2v) is 13.1. The molecule has 2 atom stereocenters. The summed E-state index contributed by atoms with van der Waals surface area (Å²) in [5, 5.41) is 3.87. The van der Waals surface area contributed by atoms with Crippen LogP contribution in [0.2, 0.25) is 10.0 Å². The summed E-state index contributed by atoms with van der Waals surface area (Å²) in [6.07, 6.45) is 0.910. The van der Waals surface area contributed by atoms with Gasteiger partial charge in [-0.05, 0) is 66.9 Å². The molecule has 0 bridgehead atoms. The topological polar surface area (TPSA) is 86.8 Å². The van der Waals surface area contributed by atoms with Crippen LogP contribution in [0.15, 0.2) is 114 Å². The van der Waals surface area contributed by atoms with Crippen molar-refractivity contribution in [1.82, 2.24) is 10.2 Å². The molecule has 0 saturated heterocycles. The highest BCUT2D eigenvalue weighted by atomic mass is 35.5. The average Bonchev–Trinajstić information content (AvgIpc) is 3.03. The molecule has 0 fully saturated rings. The fourth-order valence-electron chi connectivity index (χ4n) is 4.66. The van der Waals surface area contributed by atoms with Gasteiger partial charge in [-0.15, -0.1) is 0 Å². The zero-order valence-corrected chi connectivity index (χ0v) is 26.9. The Bertz CT molecular complexity index is 1650. The van der Waals surface area contributed by atoms with Crippen molar-refractivity contribution in [3.8, 4) is 0 Å². The molecule has 0 aliphatic carbocycles. The Labute approximate surface area is 269 Å². The summed E-state index contributed by atoms with van der Waals surface area (Å²) in [5.74, 6) is -0.910. The van der Waals surface area contributed by atoms with Gasteiger partial charge >= 0.3 is 0 Å². The number of hydrogen-bond acceptors (Lipinski definition) is 4. The third-order valence-corrected chi connectivity index (χ3v) is 9.70. The largest absolute Gasteiger partial charge is 0.352 e. The number of amides is 2. The van der Waals surface area contributed by atoms with E-state index in [0.717, 1.165) is 9.87 Å². The van der Waals surface area contributed by atoms with Crippen molar-refractivity contribution in [2.75, 3.05) is 10.8 Å². The van der Waals surface area contributed by atoms with Crippen LogP contribution < -0.4 is 9.62 Å². The number of benzene rings is 4. The Kier molecular flexibility index (Phi) is 11.4. The van der Waals surface area contributed by atoms with Crippen molar-refractivity contribution in [2.24, 2.45) is 0 Å². The lowest BCUT2D eigenvalue weighted by Crippen LogP contribution is -2.54. The van der Waals surface area contributed by atoms with Crippen LogP contribution in [0, 0.1) is 0 Å². The van der Waals surface area contributed by atoms with E-state index in [2.05, 4.69) is 5.32 Å². The Morgan fingerprint density at radius 1 is 0.818 bits per heavy atom. The van der Waals surface area contributed by atoms with Gasteiger partial charge in [-0.25, -0.2) is 8.42 Å². The van der Waals surface area contributed by atoms with Gasteiger partial charge in [0.2, 0.25) is 11.8 Å². The number of hydrogen-bond donors (Lipinski definition) is 1. The third kappa shape index (κ3) is 8.40. The predicted octanol–water partition coefficient (Wildman–Crippen LogP) is 6.74. The van der Waals surface area contributed by atoms with Crippen molar-refractivity contribution >= 4 is 50.7 Å². The number of halogens is 2. The Morgan fingerprint density at radius 3 is 2.02 bits per heavy atom. The number of sulfonamides is 1. The molecule has 0 heterocycles. The summed E-state index contributed by atoms with van der Waals surface area (Å²) in [5.41, 5.74) is 1.73. The lowest BCUT2D eigenvalue weighted by atomic mass is 10.0. The lowest BCUT2D eigenvalue weighted by Gasteiger charge is -2.34. The van der Waals surface area contributed by atoms with Gasteiger partial charge in [0, 0.05) is 29.1 Å². The van der Waals surface area contributed by atoms with Gasteiger partial charge < -0.3 is 10.2 Å². The van der Waals surface area contributed by atoms with Crippen LogP contribution in [0.4, 0.5) is 5.69 Å². The summed E-state index contributed by atoms with van der Waals surface area (Å²) in [7, 11) is -4.19. The molecular formula is C34H35Cl2N3O4S. The molecule has 0 aliphatic rings. The molecule has 4 aromatic carbocycles. The first-order valence-corrected chi connectivity index (χ1v) is 16.5. The van der Waals surface area contributed by atoms with Crippen molar-refractivity contribution in [1.29, 1.82) is 0 Å². The van der Waals surface area contributed by atoms with Crippen molar-refractivity contribution in [3.05, 3.63) is 130 Å². The van der Waals surface area contributed by atoms with Crippen molar-refractivity contribution < 1.29 is 18.0 Å². The second-order valence-electron chi connectivity index (χ2n) is 10.4. The van der Waals surface area contributed by atoms with Crippen LogP contribution >= 0.6 is 23.2 Å². The first-order chi connectivity index (χ1) is 21.1. The molecule has 2 amide bonds. The van der Waals surface area contributed by atoms with E-state index in [1.807, 2.05) is 44.2 Å². The zero-order chi connectivity index (χ0) is 31.7. The van der Waals surface area contributed by atoms with E-state index in [1.165, 1.54) is 17.0 Å². The zero-order valence-electron chi connectivity index (χ0n) is 24.6. The van der Waals surface area contributed by atoms with E-state index in [0.29, 0.717) is 22.0 Å².